The fourth-order valence-corrected chi connectivity index (χ4v) is 3.16. The first-order valence-corrected chi connectivity index (χ1v) is 9.71. The predicted molar refractivity (Wildman–Crippen MR) is 98.2 cm³/mol. The lowest BCUT2D eigenvalue weighted by molar-refractivity contribution is 0.434. The van der Waals surface area contributed by atoms with Crippen LogP contribution in [0.3, 0.4) is 0 Å². The van der Waals surface area contributed by atoms with Gasteiger partial charge in [-0.25, -0.2) is 0 Å². The van der Waals surface area contributed by atoms with E-state index in [0.29, 0.717) is 21.6 Å². The topological polar surface area (TPSA) is 146 Å². The lowest BCUT2D eigenvalue weighted by atomic mass is 10.3. The molecule has 3 aromatic rings. The Bertz CT molecular complexity index is 1100. The number of nitrogens with zero attached hydrogens (tertiary/aromatic N) is 7. The minimum absolute atomic E-state index is 0.149. The summed E-state index contributed by atoms with van der Waals surface area (Å²) in [5, 5.41) is 31.4. The van der Waals surface area contributed by atoms with Crippen molar-refractivity contribution in [2.45, 2.75) is 11.8 Å². The van der Waals surface area contributed by atoms with Crippen molar-refractivity contribution in [1.29, 1.82) is 0 Å². The summed E-state index contributed by atoms with van der Waals surface area (Å²) < 4.78 is 32.4. The molecule has 0 fully saturated rings. The number of hydrogen-bond acceptors (Lipinski definition) is 10. The lowest BCUT2D eigenvalue weighted by Gasteiger charge is -2.03. The Balaban J connectivity index is 1.91. The molecule has 142 valence electrons. The van der Waals surface area contributed by atoms with Gasteiger partial charge in [-0.1, -0.05) is 11.3 Å². The van der Waals surface area contributed by atoms with E-state index in [0.717, 1.165) is 0 Å². The minimum Gasteiger partial charge on any atom is -0.492 e. The summed E-state index contributed by atoms with van der Waals surface area (Å²) in [4.78, 5) is 1.52. The van der Waals surface area contributed by atoms with Crippen LogP contribution in [0.4, 0.5) is 16.0 Å². The van der Waals surface area contributed by atoms with Gasteiger partial charge in [0.05, 0.1) is 16.3 Å². The SMILES string of the molecule is Cc1nn(-c2ccc(S(=O)(=O)O)cc2)c(O)c1N=Nc1nnc(N(C)C)s1. The summed E-state index contributed by atoms with van der Waals surface area (Å²) in [6, 6.07) is 5.19. The Hall–Kier alpha value is -2.90. The van der Waals surface area contributed by atoms with Gasteiger partial charge >= 0.3 is 0 Å². The molecule has 0 radical (unpaired) electrons. The van der Waals surface area contributed by atoms with Crippen LogP contribution < -0.4 is 4.90 Å². The molecule has 0 aliphatic carbocycles. The van der Waals surface area contributed by atoms with E-state index >= 15 is 0 Å². The van der Waals surface area contributed by atoms with Crippen LogP contribution in [-0.4, -0.2) is 52.2 Å². The van der Waals surface area contributed by atoms with Gasteiger partial charge < -0.3 is 10.0 Å². The summed E-state index contributed by atoms with van der Waals surface area (Å²) in [5.41, 5.74) is 0.943. The number of aromatic hydroxyl groups is 1. The quantitative estimate of drug-likeness (QED) is 0.482. The number of hydrogen-bond donors (Lipinski definition) is 2. The molecule has 0 bridgehead atoms. The molecule has 0 aliphatic rings. The predicted octanol–water partition coefficient (Wildman–Crippen LogP) is 2.47. The van der Waals surface area contributed by atoms with Crippen LogP contribution in [0.1, 0.15) is 5.69 Å². The minimum atomic E-state index is -4.30. The van der Waals surface area contributed by atoms with Gasteiger partial charge in [0.1, 0.15) is 0 Å². The highest BCUT2D eigenvalue weighted by Gasteiger charge is 2.17. The first kappa shape index (κ1) is 18.9. The second-order valence-electron chi connectivity index (χ2n) is 5.60. The summed E-state index contributed by atoms with van der Waals surface area (Å²) in [5.74, 6) is -0.270. The van der Waals surface area contributed by atoms with Crippen molar-refractivity contribution in [2.75, 3.05) is 19.0 Å². The number of azo groups is 1. The molecule has 27 heavy (non-hydrogen) atoms. The zero-order chi connectivity index (χ0) is 19.8. The normalized spacial score (nSPS) is 12.0. The standard InChI is InChI=1S/C14H15N7O4S2/c1-8-11(15-16-13-17-18-14(26-13)20(2)3)12(22)21(19-8)9-4-6-10(7-5-9)27(23,24)25/h4-7,22H,1-3H3,(H,23,24,25). The molecule has 2 N–H and O–H groups in total. The lowest BCUT2D eigenvalue weighted by Crippen LogP contribution is -2.07. The number of aromatic nitrogens is 4. The Morgan fingerprint density at radius 3 is 2.37 bits per heavy atom. The smallest absolute Gasteiger partial charge is 0.294 e. The van der Waals surface area contributed by atoms with Crippen LogP contribution in [0.2, 0.25) is 0 Å². The first-order chi connectivity index (χ1) is 12.7. The Morgan fingerprint density at radius 2 is 1.81 bits per heavy atom. The van der Waals surface area contributed by atoms with Crippen LogP contribution in [0.25, 0.3) is 5.69 Å². The van der Waals surface area contributed by atoms with E-state index in [2.05, 4.69) is 25.5 Å². The monoisotopic (exact) mass is 409 g/mol. The zero-order valence-electron chi connectivity index (χ0n) is 14.5. The summed E-state index contributed by atoms with van der Waals surface area (Å²) in [7, 11) is -0.643. The summed E-state index contributed by atoms with van der Waals surface area (Å²) in [6.07, 6.45) is 0. The van der Waals surface area contributed by atoms with E-state index < -0.39 is 10.1 Å². The first-order valence-electron chi connectivity index (χ1n) is 7.46. The molecule has 0 atom stereocenters. The second kappa shape index (κ2) is 7.02. The van der Waals surface area contributed by atoms with Crippen LogP contribution >= 0.6 is 11.3 Å². The van der Waals surface area contributed by atoms with Crippen molar-refractivity contribution < 1.29 is 18.1 Å². The second-order valence-corrected chi connectivity index (χ2v) is 7.96. The third-order valence-corrected chi connectivity index (χ3v) is 5.25. The average molecular weight is 409 g/mol. The molecule has 0 aliphatic heterocycles. The van der Waals surface area contributed by atoms with Crippen molar-refractivity contribution in [3.8, 4) is 11.6 Å². The van der Waals surface area contributed by atoms with Gasteiger partial charge in [-0.05, 0) is 31.2 Å². The molecule has 0 saturated heterocycles. The number of benzene rings is 1. The maximum Gasteiger partial charge on any atom is 0.294 e. The third kappa shape index (κ3) is 3.94. The van der Waals surface area contributed by atoms with Crippen molar-refractivity contribution in [3.05, 3.63) is 30.0 Å². The van der Waals surface area contributed by atoms with E-state index in [1.165, 1.54) is 40.3 Å². The molecule has 2 heterocycles. The van der Waals surface area contributed by atoms with Crippen LogP contribution in [-0.2, 0) is 10.1 Å². The zero-order valence-corrected chi connectivity index (χ0v) is 16.1. The van der Waals surface area contributed by atoms with Gasteiger partial charge in [-0.15, -0.1) is 20.4 Å². The van der Waals surface area contributed by atoms with Gasteiger partial charge in [0.15, 0.2) is 5.69 Å². The van der Waals surface area contributed by atoms with Crippen molar-refractivity contribution >= 4 is 37.4 Å². The van der Waals surface area contributed by atoms with Crippen molar-refractivity contribution in [1.82, 2.24) is 20.0 Å². The number of rotatable bonds is 5. The van der Waals surface area contributed by atoms with E-state index in [-0.39, 0.29) is 16.5 Å². The Kier molecular flexibility index (Phi) is 4.91. The van der Waals surface area contributed by atoms with E-state index in [9.17, 15) is 13.5 Å². The van der Waals surface area contributed by atoms with Gasteiger partial charge in [-0.3, -0.25) is 4.55 Å². The Morgan fingerprint density at radius 1 is 1.15 bits per heavy atom. The molecular formula is C14H15N7O4S2. The summed E-state index contributed by atoms with van der Waals surface area (Å²) >= 11 is 1.23. The van der Waals surface area contributed by atoms with Gasteiger partial charge in [0.25, 0.3) is 15.2 Å². The number of anilines is 1. The molecule has 0 saturated carbocycles. The summed E-state index contributed by atoms with van der Waals surface area (Å²) in [6.45, 7) is 1.64. The molecule has 3 rings (SSSR count). The molecule has 0 unspecified atom stereocenters. The van der Waals surface area contributed by atoms with Crippen molar-refractivity contribution in [2.24, 2.45) is 10.2 Å². The van der Waals surface area contributed by atoms with Crippen LogP contribution in [0, 0.1) is 6.92 Å². The van der Waals surface area contributed by atoms with Crippen molar-refractivity contribution in [3.63, 3.8) is 0 Å². The number of aryl methyl sites for hydroxylation is 1. The van der Waals surface area contributed by atoms with Gasteiger partial charge in [0.2, 0.25) is 11.0 Å². The molecule has 13 heteroatoms. The fourth-order valence-electron chi connectivity index (χ4n) is 2.09. The van der Waals surface area contributed by atoms with E-state index in [1.54, 1.807) is 11.8 Å². The van der Waals surface area contributed by atoms with E-state index in [4.69, 9.17) is 4.55 Å². The highest BCUT2D eigenvalue weighted by atomic mass is 32.2. The maximum absolute atomic E-state index is 11.1. The largest absolute Gasteiger partial charge is 0.492 e. The van der Waals surface area contributed by atoms with Gasteiger partial charge in [0, 0.05) is 14.1 Å². The molecule has 11 nitrogen and oxygen atoms in total. The highest BCUT2D eigenvalue weighted by molar-refractivity contribution is 7.85. The molecule has 2 aromatic heterocycles. The molecular weight excluding hydrogens is 394 g/mol. The fraction of sp³-hybridized carbons (Fsp3) is 0.214. The molecule has 1 aromatic carbocycles. The third-order valence-electron chi connectivity index (χ3n) is 3.41. The maximum atomic E-state index is 11.1. The molecule has 0 spiro atoms. The Labute approximate surface area is 158 Å². The molecule has 0 amide bonds. The van der Waals surface area contributed by atoms with Crippen LogP contribution in [0.5, 0.6) is 5.88 Å². The van der Waals surface area contributed by atoms with E-state index in [1.807, 2.05) is 14.1 Å². The van der Waals surface area contributed by atoms with Gasteiger partial charge in [-0.2, -0.15) is 18.2 Å². The average Bonchev–Trinajstić information content (AvgIpc) is 3.18. The highest BCUT2D eigenvalue weighted by Crippen LogP contribution is 2.34. The van der Waals surface area contributed by atoms with Crippen LogP contribution in [0.15, 0.2) is 39.4 Å².